The van der Waals surface area contributed by atoms with Crippen LogP contribution >= 0.6 is 11.3 Å². The van der Waals surface area contributed by atoms with E-state index in [1.54, 1.807) is 11.3 Å². The summed E-state index contributed by atoms with van der Waals surface area (Å²) >= 11 is 1.69. The first-order chi connectivity index (χ1) is 8.72. The normalized spacial score (nSPS) is 10.6. The number of aliphatic hydroxyl groups is 1. The highest BCUT2D eigenvalue weighted by molar-refractivity contribution is 7.09. The fraction of sp³-hybridized carbons (Fsp3) is 0.286. The molecule has 2 nitrogen and oxygen atoms in total. The second-order valence-corrected chi connectivity index (χ2v) is 5.10. The Balaban J connectivity index is 2.24. The maximum absolute atomic E-state index is 13.5. The molecular formula is C14H16FNOS. The summed E-state index contributed by atoms with van der Waals surface area (Å²) in [5.74, 6) is -0.304. The molecule has 0 aliphatic heterocycles. The van der Waals surface area contributed by atoms with Gasteiger partial charge >= 0.3 is 0 Å². The van der Waals surface area contributed by atoms with E-state index in [0.29, 0.717) is 5.56 Å². The van der Waals surface area contributed by atoms with Crippen molar-refractivity contribution in [2.75, 3.05) is 11.4 Å². The molecule has 0 bridgehead atoms. The van der Waals surface area contributed by atoms with Gasteiger partial charge in [-0.25, -0.2) is 4.39 Å². The molecule has 0 atom stereocenters. The molecule has 1 heterocycles. The fourth-order valence-electron chi connectivity index (χ4n) is 1.88. The van der Waals surface area contributed by atoms with Crippen LogP contribution < -0.4 is 4.90 Å². The highest BCUT2D eigenvalue weighted by atomic mass is 32.1. The average molecular weight is 265 g/mol. The van der Waals surface area contributed by atoms with Crippen LogP contribution in [-0.2, 0) is 13.2 Å². The number of hydrogen-bond acceptors (Lipinski definition) is 3. The highest BCUT2D eigenvalue weighted by Crippen LogP contribution is 2.22. The van der Waals surface area contributed by atoms with Gasteiger partial charge in [0.25, 0.3) is 0 Å². The molecule has 2 rings (SSSR count). The van der Waals surface area contributed by atoms with E-state index in [9.17, 15) is 4.39 Å². The van der Waals surface area contributed by atoms with Gasteiger partial charge in [-0.05, 0) is 42.1 Å². The number of benzene rings is 1. The summed E-state index contributed by atoms with van der Waals surface area (Å²) in [6.07, 6.45) is 0. The molecule has 0 aliphatic carbocycles. The van der Waals surface area contributed by atoms with Crippen molar-refractivity contribution < 1.29 is 9.50 Å². The molecular weight excluding hydrogens is 249 g/mol. The highest BCUT2D eigenvalue weighted by Gasteiger charge is 2.08. The predicted molar refractivity (Wildman–Crippen MR) is 73.4 cm³/mol. The van der Waals surface area contributed by atoms with Gasteiger partial charge in [-0.2, -0.15) is 0 Å². The van der Waals surface area contributed by atoms with E-state index in [-0.39, 0.29) is 12.4 Å². The third kappa shape index (κ3) is 3.09. The second-order valence-electron chi connectivity index (χ2n) is 4.07. The van der Waals surface area contributed by atoms with E-state index in [2.05, 4.69) is 11.0 Å². The van der Waals surface area contributed by atoms with Gasteiger partial charge < -0.3 is 10.0 Å². The smallest absolute Gasteiger partial charge is 0.125 e. The minimum atomic E-state index is -0.304. The Hall–Kier alpha value is -1.39. The van der Waals surface area contributed by atoms with Crippen LogP contribution in [0, 0.1) is 5.82 Å². The molecule has 1 N–H and O–H groups in total. The molecule has 2 aromatic rings. The van der Waals surface area contributed by atoms with E-state index in [0.717, 1.165) is 18.8 Å². The van der Waals surface area contributed by atoms with Gasteiger partial charge in [0.15, 0.2) is 0 Å². The van der Waals surface area contributed by atoms with Crippen LogP contribution in [-0.4, -0.2) is 11.7 Å². The zero-order valence-electron chi connectivity index (χ0n) is 10.3. The summed E-state index contributed by atoms with van der Waals surface area (Å²) in [7, 11) is 0. The summed E-state index contributed by atoms with van der Waals surface area (Å²) < 4.78 is 13.5. The van der Waals surface area contributed by atoms with E-state index in [1.165, 1.54) is 17.0 Å². The summed E-state index contributed by atoms with van der Waals surface area (Å²) in [4.78, 5) is 3.33. The topological polar surface area (TPSA) is 23.5 Å². The van der Waals surface area contributed by atoms with Crippen LogP contribution in [0.25, 0.3) is 0 Å². The van der Waals surface area contributed by atoms with Gasteiger partial charge in [0.1, 0.15) is 5.82 Å². The number of halogens is 1. The minimum absolute atomic E-state index is 0.138. The third-order valence-corrected chi connectivity index (χ3v) is 3.66. The maximum atomic E-state index is 13.5. The largest absolute Gasteiger partial charge is 0.392 e. The first-order valence-electron chi connectivity index (χ1n) is 5.90. The van der Waals surface area contributed by atoms with Crippen molar-refractivity contribution >= 4 is 17.0 Å². The summed E-state index contributed by atoms with van der Waals surface area (Å²) in [5, 5.41) is 11.2. The number of thiophene rings is 1. The van der Waals surface area contributed by atoms with Gasteiger partial charge in [0.05, 0.1) is 13.2 Å². The minimum Gasteiger partial charge on any atom is -0.392 e. The molecule has 0 spiro atoms. The first-order valence-corrected chi connectivity index (χ1v) is 6.78. The molecule has 0 saturated heterocycles. The number of nitrogens with zero attached hydrogens (tertiary/aromatic N) is 1. The number of anilines is 1. The van der Waals surface area contributed by atoms with Gasteiger partial charge in [-0.15, -0.1) is 11.3 Å². The zero-order valence-corrected chi connectivity index (χ0v) is 11.1. The molecule has 18 heavy (non-hydrogen) atoms. The Kier molecular flexibility index (Phi) is 4.33. The Morgan fingerprint density at radius 3 is 2.78 bits per heavy atom. The standard InChI is InChI=1S/C14H16FNOS/c1-2-16(9-14-4-3-5-18-14)13-7-11(10-17)6-12(15)8-13/h3-8,17H,2,9-10H2,1H3. The summed E-state index contributed by atoms with van der Waals surface area (Å²) in [6, 6.07) is 8.79. The van der Waals surface area contributed by atoms with Crippen molar-refractivity contribution in [2.45, 2.75) is 20.1 Å². The molecule has 0 fully saturated rings. The predicted octanol–water partition coefficient (Wildman–Crippen LogP) is 3.41. The van der Waals surface area contributed by atoms with Gasteiger partial charge in [-0.1, -0.05) is 6.07 Å². The van der Waals surface area contributed by atoms with E-state index < -0.39 is 0 Å². The quantitative estimate of drug-likeness (QED) is 0.895. The molecule has 0 amide bonds. The van der Waals surface area contributed by atoms with E-state index in [1.807, 2.05) is 24.4 Å². The van der Waals surface area contributed by atoms with E-state index in [4.69, 9.17) is 5.11 Å². The third-order valence-electron chi connectivity index (χ3n) is 2.80. The van der Waals surface area contributed by atoms with Crippen LogP contribution in [0.4, 0.5) is 10.1 Å². The Labute approximate surface area is 110 Å². The second kappa shape index (κ2) is 5.98. The number of hydrogen-bond donors (Lipinski definition) is 1. The Bertz CT molecular complexity index is 499. The maximum Gasteiger partial charge on any atom is 0.125 e. The van der Waals surface area contributed by atoms with Crippen LogP contribution in [0.2, 0.25) is 0 Å². The van der Waals surface area contributed by atoms with Crippen LogP contribution in [0.3, 0.4) is 0 Å². The molecule has 0 aliphatic rings. The zero-order chi connectivity index (χ0) is 13.0. The fourth-order valence-corrected chi connectivity index (χ4v) is 2.60. The van der Waals surface area contributed by atoms with Crippen molar-refractivity contribution in [3.63, 3.8) is 0 Å². The molecule has 1 aromatic carbocycles. The lowest BCUT2D eigenvalue weighted by Crippen LogP contribution is -2.21. The summed E-state index contributed by atoms with van der Waals surface area (Å²) in [6.45, 7) is 3.47. The first kappa shape index (κ1) is 13.1. The lowest BCUT2D eigenvalue weighted by atomic mass is 10.2. The lowest BCUT2D eigenvalue weighted by Gasteiger charge is -2.23. The van der Waals surface area contributed by atoms with Crippen LogP contribution in [0.15, 0.2) is 35.7 Å². The van der Waals surface area contributed by atoms with Gasteiger partial charge in [0, 0.05) is 17.1 Å². The van der Waals surface area contributed by atoms with Gasteiger partial charge in [0.2, 0.25) is 0 Å². The van der Waals surface area contributed by atoms with Crippen molar-refractivity contribution in [2.24, 2.45) is 0 Å². The van der Waals surface area contributed by atoms with Crippen molar-refractivity contribution in [1.82, 2.24) is 0 Å². The SMILES string of the molecule is CCN(Cc1cccs1)c1cc(F)cc(CO)c1. The van der Waals surface area contributed by atoms with Crippen molar-refractivity contribution in [3.8, 4) is 0 Å². The van der Waals surface area contributed by atoms with Crippen molar-refractivity contribution in [3.05, 3.63) is 52.0 Å². The van der Waals surface area contributed by atoms with Crippen LogP contribution in [0.1, 0.15) is 17.4 Å². The number of rotatable bonds is 5. The Morgan fingerprint density at radius 2 is 2.17 bits per heavy atom. The average Bonchev–Trinajstić information content (AvgIpc) is 2.88. The molecule has 4 heteroatoms. The monoisotopic (exact) mass is 265 g/mol. The lowest BCUT2D eigenvalue weighted by molar-refractivity contribution is 0.281. The van der Waals surface area contributed by atoms with Gasteiger partial charge in [-0.3, -0.25) is 0 Å². The Morgan fingerprint density at radius 1 is 1.33 bits per heavy atom. The van der Waals surface area contributed by atoms with Crippen molar-refractivity contribution in [1.29, 1.82) is 0 Å². The molecule has 0 saturated carbocycles. The molecule has 1 aromatic heterocycles. The van der Waals surface area contributed by atoms with Crippen LogP contribution in [0.5, 0.6) is 0 Å². The summed E-state index contributed by atoms with van der Waals surface area (Å²) in [5.41, 5.74) is 1.42. The number of aliphatic hydroxyl groups excluding tert-OH is 1. The molecule has 0 unspecified atom stereocenters. The molecule has 96 valence electrons. The molecule has 0 radical (unpaired) electrons. The van der Waals surface area contributed by atoms with E-state index >= 15 is 0 Å².